The van der Waals surface area contributed by atoms with E-state index in [2.05, 4.69) is 27.7 Å². The molecule has 0 aromatic heterocycles. The zero-order valence-electron chi connectivity index (χ0n) is 20.1. The fraction of sp³-hybridized carbons (Fsp3) is 0.963. The molecule has 0 bridgehead atoms. The van der Waals surface area contributed by atoms with Gasteiger partial charge in [-0.15, -0.1) is 0 Å². The fourth-order valence-corrected chi connectivity index (χ4v) is 9.50. The number of rotatable bonds is 2. The van der Waals surface area contributed by atoms with Crippen molar-refractivity contribution in [3.63, 3.8) is 0 Å². The van der Waals surface area contributed by atoms with Crippen LogP contribution in [-0.2, 0) is 9.53 Å². The van der Waals surface area contributed by atoms with Crippen molar-refractivity contribution in [2.24, 2.45) is 46.3 Å². The summed E-state index contributed by atoms with van der Waals surface area (Å²) in [6, 6.07) is 0. The monoisotopic (exact) mass is 432 g/mol. The lowest BCUT2D eigenvalue weighted by Gasteiger charge is -2.62. The smallest absolute Gasteiger partial charge is 0.160 e. The summed E-state index contributed by atoms with van der Waals surface area (Å²) in [4.78, 5) is 12.1. The fourth-order valence-electron chi connectivity index (χ4n) is 9.50. The zero-order valence-corrected chi connectivity index (χ0v) is 20.1. The number of fused-ring (bicyclic) bond motifs is 5. The van der Waals surface area contributed by atoms with E-state index in [1.165, 1.54) is 19.3 Å². The minimum absolute atomic E-state index is 0.0971. The van der Waals surface area contributed by atoms with Gasteiger partial charge >= 0.3 is 0 Å². The zero-order chi connectivity index (χ0) is 22.2. The third kappa shape index (κ3) is 3.14. The molecule has 31 heavy (non-hydrogen) atoms. The molecule has 10 atom stereocenters. The maximum atomic E-state index is 12.2. The molecule has 1 unspecified atom stereocenters. The summed E-state index contributed by atoms with van der Waals surface area (Å²) in [6.07, 6.45) is 10.2. The van der Waals surface area contributed by atoms with Gasteiger partial charge in [0.2, 0.25) is 0 Å². The summed E-state index contributed by atoms with van der Waals surface area (Å²) in [5.74, 6) is 3.15. The standard InChI is InChI=1S/C27H44O4/c1-16(2)23-8-7-22(24(29)31-23)27(30)14-11-21-19-6-5-17-15-18(28)9-12-25(17,3)20(19)10-13-26(21,27)4/h16-17,19-24,29-30H,5-15H2,1-4H3/t17?,19-,20+,21+,22+,23-,24-,25+,26+,27+/m1/s1. The third-order valence-corrected chi connectivity index (χ3v) is 11.5. The van der Waals surface area contributed by atoms with E-state index in [9.17, 15) is 15.0 Å². The minimum Gasteiger partial charge on any atom is -0.389 e. The lowest BCUT2D eigenvalue weighted by Crippen LogP contribution is -2.61. The van der Waals surface area contributed by atoms with Crippen LogP contribution in [-0.4, -0.2) is 34.0 Å². The van der Waals surface area contributed by atoms with E-state index in [1.807, 2.05) is 0 Å². The third-order valence-electron chi connectivity index (χ3n) is 11.5. The highest BCUT2D eigenvalue weighted by Gasteiger charge is 2.67. The van der Waals surface area contributed by atoms with Gasteiger partial charge in [-0.05, 0) is 98.2 Å². The van der Waals surface area contributed by atoms with Crippen LogP contribution < -0.4 is 0 Å². The molecule has 0 amide bonds. The molecule has 1 saturated heterocycles. The quantitative estimate of drug-likeness (QED) is 0.637. The van der Waals surface area contributed by atoms with Crippen LogP contribution in [0.25, 0.3) is 0 Å². The number of hydrogen-bond acceptors (Lipinski definition) is 4. The van der Waals surface area contributed by atoms with Crippen LogP contribution in [0.2, 0.25) is 0 Å². The molecule has 4 heteroatoms. The molecule has 4 nitrogen and oxygen atoms in total. The first kappa shape index (κ1) is 22.3. The average Bonchev–Trinajstić information content (AvgIpc) is 3.00. The Morgan fingerprint density at radius 3 is 2.39 bits per heavy atom. The van der Waals surface area contributed by atoms with E-state index in [1.54, 1.807) is 0 Å². The Kier molecular flexibility index (Phi) is 5.43. The van der Waals surface area contributed by atoms with Crippen molar-refractivity contribution in [1.82, 2.24) is 0 Å². The molecule has 5 rings (SSSR count). The molecule has 0 aromatic rings. The highest BCUT2D eigenvalue weighted by molar-refractivity contribution is 5.79. The molecule has 5 aliphatic rings. The number of aliphatic hydroxyl groups excluding tert-OH is 1. The van der Waals surface area contributed by atoms with Gasteiger partial charge in [0.25, 0.3) is 0 Å². The van der Waals surface area contributed by atoms with Crippen molar-refractivity contribution < 1.29 is 19.7 Å². The van der Waals surface area contributed by atoms with Crippen molar-refractivity contribution in [3.05, 3.63) is 0 Å². The first-order chi connectivity index (χ1) is 14.6. The number of carbonyl (C=O) groups is 1. The van der Waals surface area contributed by atoms with E-state index in [0.29, 0.717) is 40.8 Å². The summed E-state index contributed by atoms with van der Waals surface area (Å²) in [6.45, 7) is 9.11. The van der Waals surface area contributed by atoms with E-state index >= 15 is 0 Å². The van der Waals surface area contributed by atoms with Gasteiger partial charge in [0.05, 0.1) is 11.7 Å². The summed E-state index contributed by atoms with van der Waals surface area (Å²) >= 11 is 0. The Morgan fingerprint density at radius 2 is 1.68 bits per heavy atom. The summed E-state index contributed by atoms with van der Waals surface area (Å²) in [5, 5.41) is 23.2. The Bertz CT molecular complexity index is 720. The van der Waals surface area contributed by atoms with Gasteiger partial charge < -0.3 is 14.9 Å². The van der Waals surface area contributed by atoms with Gasteiger partial charge in [0.15, 0.2) is 6.29 Å². The largest absolute Gasteiger partial charge is 0.389 e. The number of Topliss-reactive ketones (excluding diaryl/α,β-unsaturated/α-hetero) is 1. The predicted octanol–water partition coefficient (Wildman–Crippen LogP) is 5.10. The van der Waals surface area contributed by atoms with Gasteiger partial charge in [0, 0.05) is 18.8 Å². The molecule has 176 valence electrons. The van der Waals surface area contributed by atoms with Crippen LogP contribution in [0, 0.1) is 46.3 Å². The van der Waals surface area contributed by atoms with Crippen molar-refractivity contribution in [3.8, 4) is 0 Å². The van der Waals surface area contributed by atoms with Crippen molar-refractivity contribution in [2.45, 2.75) is 116 Å². The van der Waals surface area contributed by atoms with Gasteiger partial charge in [0.1, 0.15) is 5.78 Å². The van der Waals surface area contributed by atoms with Gasteiger partial charge in [-0.1, -0.05) is 27.7 Å². The molecule has 0 aromatic carbocycles. The second kappa shape index (κ2) is 7.53. The molecular weight excluding hydrogens is 388 g/mol. The SMILES string of the molecule is CC(C)[C@H]1CC[C@H]([C@@]2(O)CC[C@H]3[C@@H]4CCC5CC(=O)CC[C@]5(C)[C@H]4CC[C@@]32C)[C@H](O)O1. The molecule has 4 saturated carbocycles. The summed E-state index contributed by atoms with van der Waals surface area (Å²) < 4.78 is 6.03. The van der Waals surface area contributed by atoms with Crippen molar-refractivity contribution in [1.29, 1.82) is 0 Å². The van der Waals surface area contributed by atoms with Gasteiger partial charge in [-0.25, -0.2) is 0 Å². The Labute approximate surface area is 188 Å². The van der Waals surface area contributed by atoms with Gasteiger partial charge in [-0.3, -0.25) is 4.79 Å². The predicted molar refractivity (Wildman–Crippen MR) is 120 cm³/mol. The van der Waals surface area contributed by atoms with E-state index in [0.717, 1.165) is 51.4 Å². The summed E-state index contributed by atoms with van der Waals surface area (Å²) in [7, 11) is 0. The van der Waals surface area contributed by atoms with E-state index in [-0.39, 0.29) is 17.4 Å². The van der Waals surface area contributed by atoms with Crippen molar-refractivity contribution in [2.75, 3.05) is 0 Å². The lowest BCUT2D eigenvalue weighted by atomic mass is 9.44. The Balaban J connectivity index is 1.38. The number of ketones is 1. The molecule has 1 heterocycles. The highest BCUT2D eigenvalue weighted by atomic mass is 16.6. The highest BCUT2D eigenvalue weighted by Crippen LogP contribution is 2.69. The van der Waals surface area contributed by atoms with Crippen LogP contribution in [0.4, 0.5) is 0 Å². The first-order valence-corrected chi connectivity index (χ1v) is 13.2. The first-order valence-electron chi connectivity index (χ1n) is 13.2. The van der Waals surface area contributed by atoms with Crippen molar-refractivity contribution >= 4 is 5.78 Å². The molecule has 4 aliphatic carbocycles. The number of aliphatic hydroxyl groups is 2. The minimum atomic E-state index is -0.850. The van der Waals surface area contributed by atoms with E-state index in [4.69, 9.17) is 4.74 Å². The average molecular weight is 433 g/mol. The second-order valence-electron chi connectivity index (χ2n) is 12.8. The van der Waals surface area contributed by atoms with Crippen LogP contribution in [0.5, 0.6) is 0 Å². The lowest BCUT2D eigenvalue weighted by molar-refractivity contribution is -0.267. The molecule has 1 aliphatic heterocycles. The number of carbonyl (C=O) groups excluding carboxylic acids is 1. The Hall–Kier alpha value is -0.450. The second-order valence-corrected chi connectivity index (χ2v) is 12.8. The van der Waals surface area contributed by atoms with Crippen LogP contribution in [0.3, 0.4) is 0 Å². The number of ether oxygens (including phenoxy) is 1. The summed E-state index contributed by atoms with van der Waals surface area (Å²) in [5.41, 5.74) is -0.664. The maximum Gasteiger partial charge on any atom is 0.160 e. The molecule has 0 radical (unpaired) electrons. The van der Waals surface area contributed by atoms with Crippen LogP contribution >= 0.6 is 0 Å². The molecule has 2 N–H and O–H groups in total. The molecule has 0 spiro atoms. The molecule has 5 fully saturated rings. The normalized spacial score (nSPS) is 54.9. The number of hydrogen-bond donors (Lipinski definition) is 2. The van der Waals surface area contributed by atoms with Crippen LogP contribution in [0.15, 0.2) is 0 Å². The Morgan fingerprint density at radius 1 is 0.935 bits per heavy atom. The van der Waals surface area contributed by atoms with E-state index < -0.39 is 11.9 Å². The maximum absolute atomic E-state index is 12.2. The molecular formula is C27H44O4. The van der Waals surface area contributed by atoms with Gasteiger partial charge in [-0.2, -0.15) is 0 Å². The topological polar surface area (TPSA) is 66.8 Å². The van der Waals surface area contributed by atoms with Crippen LogP contribution in [0.1, 0.15) is 98.3 Å².